The van der Waals surface area contributed by atoms with Gasteiger partial charge in [0.1, 0.15) is 0 Å². The Hall–Kier alpha value is -4.28. The van der Waals surface area contributed by atoms with E-state index in [-0.39, 0.29) is 18.7 Å². The number of benzene rings is 3. The number of urea groups is 1. The Morgan fingerprint density at radius 3 is 2.49 bits per heavy atom. The second-order valence-corrected chi connectivity index (χ2v) is 11.1. The normalized spacial score (nSPS) is 15.9. The first-order valence-corrected chi connectivity index (χ1v) is 15.1. The van der Waals surface area contributed by atoms with E-state index >= 15 is 0 Å². The summed E-state index contributed by atoms with van der Waals surface area (Å²) < 4.78 is 16.3. The van der Waals surface area contributed by atoms with Crippen LogP contribution in [0.5, 0.6) is 11.5 Å². The molecular formula is C33H39N5O5. The maximum absolute atomic E-state index is 13.4. The second-order valence-electron chi connectivity index (χ2n) is 11.1. The minimum atomic E-state index is -0.207. The smallest absolute Gasteiger partial charge is 0.320 e. The van der Waals surface area contributed by atoms with Crippen molar-refractivity contribution >= 4 is 23.3 Å². The summed E-state index contributed by atoms with van der Waals surface area (Å²) in [7, 11) is 0. The molecule has 10 nitrogen and oxygen atoms in total. The average Bonchev–Trinajstić information content (AvgIpc) is 3.76. The van der Waals surface area contributed by atoms with Gasteiger partial charge in [-0.3, -0.25) is 4.79 Å². The third-order valence-electron chi connectivity index (χ3n) is 8.14. The number of fused-ring (bicyclic) bond motifs is 1. The molecule has 0 unspecified atom stereocenters. The van der Waals surface area contributed by atoms with Crippen molar-refractivity contribution in [2.45, 2.75) is 25.8 Å². The number of nitrogens with two attached hydrogens (primary N) is 1. The minimum Gasteiger partial charge on any atom is -0.454 e. The summed E-state index contributed by atoms with van der Waals surface area (Å²) in [5.41, 5.74) is 11.1. The van der Waals surface area contributed by atoms with Crippen molar-refractivity contribution < 1.29 is 23.8 Å². The topological polar surface area (TPSA) is 110 Å². The van der Waals surface area contributed by atoms with Crippen LogP contribution in [0.15, 0.2) is 60.7 Å². The van der Waals surface area contributed by atoms with Gasteiger partial charge in [-0.05, 0) is 78.9 Å². The van der Waals surface area contributed by atoms with Crippen LogP contribution in [0.4, 0.5) is 16.2 Å². The number of hydrogen-bond acceptors (Lipinski definition) is 7. The number of anilines is 2. The van der Waals surface area contributed by atoms with Gasteiger partial charge in [0.05, 0.1) is 24.6 Å². The zero-order valence-corrected chi connectivity index (χ0v) is 24.4. The Morgan fingerprint density at radius 1 is 0.884 bits per heavy atom. The number of nitrogens with zero attached hydrogens (tertiary/aromatic N) is 3. The third-order valence-corrected chi connectivity index (χ3v) is 8.14. The van der Waals surface area contributed by atoms with E-state index in [9.17, 15) is 9.59 Å². The molecule has 3 aliphatic heterocycles. The zero-order valence-electron chi connectivity index (χ0n) is 24.4. The molecule has 0 radical (unpaired) electrons. The van der Waals surface area contributed by atoms with E-state index in [1.165, 1.54) is 0 Å². The maximum atomic E-state index is 13.4. The van der Waals surface area contributed by atoms with Crippen molar-refractivity contribution in [2.24, 2.45) is 5.73 Å². The SMILES string of the molecule is NCCCN(Cc1cccc(-c2ccc(N3CCCC3)c(NC(=O)c3ccc4c(c3)OCO4)c2)c1)C(=O)N1CCOCC1. The lowest BCUT2D eigenvalue weighted by molar-refractivity contribution is 0.0425. The van der Waals surface area contributed by atoms with Crippen LogP contribution < -0.4 is 25.4 Å². The second kappa shape index (κ2) is 13.4. The number of hydrogen-bond donors (Lipinski definition) is 2. The van der Waals surface area contributed by atoms with E-state index in [1.54, 1.807) is 18.2 Å². The van der Waals surface area contributed by atoms with Crippen LogP contribution in [-0.4, -0.2) is 81.0 Å². The first kappa shape index (κ1) is 28.8. The molecule has 3 amide bonds. The fraction of sp³-hybridized carbons (Fsp3) is 0.394. The molecule has 2 fully saturated rings. The molecule has 3 aromatic rings. The van der Waals surface area contributed by atoms with Gasteiger partial charge in [-0.2, -0.15) is 0 Å². The van der Waals surface area contributed by atoms with E-state index in [4.69, 9.17) is 19.9 Å². The van der Waals surface area contributed by atoms with E-state index in [2.05, 4.69) is 34.5 Å². The summed E-state index contributed by atoms with van der Waals surface area (Å²) >= 11 is 0. The fourth-order valence-corrected chi connectivity index (χ4v) is 5.83. The highest BCUT2D eigenvalue weighted by atomic mass is 16.7. The average molecular weight is 586 g/mol. The quantitative estimate of drug-likeness (QED) is 0.380. The first-order valence-electron chi connectivity index (χ1n) is 15.1. The number of ether oxygens (including phenoxy) is 3. The predicted molar refractivity (Wildman–Crippen MR) is 166 cm³/mol. The van der Waals surface area contributed by atoms with E-state index in [0.29, 0.717) is 63.0 Å². The van der Waals surface area contributed by atoms with Crippen LogP contribution >= 0.6 is 0 Å². The molecule has 6 rings (SSSR count). The molecule has 0 aromatic heterocycles. The number of rotatable bonds is 9. The standard InChI is InChI=1S/C33H39N5O5/c34-11-4-14-38(33(40)37-15-17-41-18-16-37)22-24-5-3-6-25(19-24)26-7-9-29(36-12-1-2-13-36)28(20-26)35-32(39)27-8-10-30-31(21-27)43-23-42-30/h3,5-10,19-21H,1-2,4,11-18,22-23,34H2,(H,35,39). The van der Waals surface area contributed by atoms with Gasteiger partial charge in [0.15, 0.2) is 11.5 Å². The van der Waals surface area contributed by atoms with Crippen LogP contribution in [0.2, 0.25) is 0 Å². The highest BCUT2D eigenvalue weighted by Gasteiger charge is 2.24. The van der Waals surface area contributed by atoms with Gasteiger partial charge in [-0.25, -0.2) is 4.79 Å². The Morgan fingerprint density at radius 2 is 1.67 bits per heavy atom. The minimum absolute atomic E-state index is 0.0191. The summed E-state index contributed by atoms with van der Waals surface area (Å²) in [6.45, 7) is 6.00. The van der Waals surface area contributed by atoms with Gasteiger partial charge in [0.25, 0.3) is 5.91 Å². The molecule has 0 atom stereocenters. The summed E-state index contributed by atoms with van der Waals surface area (Å²) in [5, 5.41) is 3.17. The lowest BCUT2D eigenvalue weighted by Crippen LogP contribution is -2.48. The Kier molecular flexibility index (Phi) is 8.95. The van der Waals surface area contributed by atoms with Crippen molar-refractivity contribution in [2.75, 3.05) is 69.5 Å². The molecule has 0 spiro atoms. The van der Waals surface area contributed by atoms with Gasteiger partial charge in [-0.15, -0.1) is 0 Å². The molecule has 0 saturated carbocycles. The van der Waals surface area contributed by atoms with Gasteiger partial charge < -0.3 is 40.0 Å². The lowest BCUT2D eigenvalue weighted by atomic mass is 10.0. The molecular weight excluding hydrogens is 546 g/mol. The largest absolute Gasteiger partial charge is 0.454 e. The Balaban J connectivity index is 1.25. The molecule has 3 N–H and O–H groups in total. The van der Waals surface area contributed by atoms with Gasteiger partial charge in [0.2, 0.25) is 6.79 Å². The van der Waals surface area contributed by atoms with Gasteiger partial charge in [-0.1, -0.05) is 24.3 Å². The molecule has 3 aliphatic rings. The van der Waals surface area contributed by atoms with Crippen LogP contribution in [0.1, 0.15) is 35.2 Å². The monoisotopic (exact) mass is 585 g/mol. The number of amides is 3. The van der Waals surface area contributed by atoms with E-state index in [0.717, 1.165) is 60.4 Å². The molecule has 0 bridgehead atoms. The van der Waals surface area contributed by atoms with Gasteiger partial charge in [0, 0.05) is 44.8 Å². The van der Waals surface area contributed by atoms with Gasteiger partial charge >= 0.3 is 6.03 Å². The Bertz CT molecular complexity index is 1450. The number of carbonyl (C=O) groups is 2. The van der Waals surface area contributed by atoms with Crippen LogP contribution in [0.25, 0.3) is 11.1 Å². The van der Waals surface area contributed by atoms with Crippen molar-refractivity contribution in [1.29, 1.82) is 0 Å². The molecule has 0 aliphatic carbocycles. The van der Waals surface area contributed by atoms with Crippen molar-refractivity contribution in [3.05, 3.63) is 71.8 Å². The highest BCUT2D eigenvalue weighted by Crippen LogP contribution is 2.36. The number of morpholine rings is 1. The summed E-state index contributed by atoms with van der Waals surface area (Å²) in [4.78, 5) is 32.8. The summed E-state index contributed by atoms with van der Waals surface area (Å²) in [6, 6.07) is 19.7. The summed E-state index contributed by atoms with van der Waals surface area (Å²) in [6.07, 6.45) is 2.99. The zero-order chi connectivity index (χ0) is 29.6. The fourth-order valence-electron chi connectivity index (χ4n) is 5.83. The van der Waals surface area contributed by atoms with E-state index in [1.807, 2.05) is 28.0 Å². The third kappa shape index (κ3) is 6.71. The molecule has 2 saturated heterocycles. The Labute approximate surface area is 252 Å². The van der Waals surface area contributed by atoms with Crippen molar-refractivity contribution in [3.63, 3.8) is 0 Å². The molecule has 3 heterocycles. The predicted octanol–water partition coefficient (Wildman–Crippen LogP) is 4.54. The molecule has 226 valence electrons. The molecule has 43 heavy (non-hydrogen) atoms. The molecule has 10 heteroatoms. The molecule has 3 aromatic carbocycles. The number of carbonyl (C=O) groups excluding carboxylic acids is 2. The number of nitrogens with one attached hydrogen (secondary N) is 1. The van der Waals surface area contributed by atoms with E-state index < -0.39 is 0 Å². The van der Waals surface area contributed by atoms with Crippen molar-refractivity contribution in [3.8, 4) is 22.6 Å². The summed E-state index contributed by atoms with van der Waals surface area (Å²) in [5.74, 6) is 1.01. The highest BCUT2D eigenvalue weighted by molar-refractivity contribution is 6.06. The maximum Gasteiger partial charge on any atom is 0.320 e. The van der Waals surface area contributed by atoms with Crippen LogP contribution in [-0.2, 0) is 11.3 Å². The van der Waals surface area contributed by atoms with Crippen LogP contribution in [0.3, 0.4) is 0 Å². The lowest BCUT2D eigenvalue weighted by Gasteiger charge is -2.33. The van der Waals surface area contributed by atoms with Crippen molar-refractivity contribution in [1.82, 2.24) is 9.80 Å². The first-order chi connectivity index (χ1) is 21.1. The van der Waals surface area contributed by atoms with Crippen LogP contribution in [0, 0.1) is 0 Å².